The maximum atomic E-state index is 13.7. The predicted octanol–water partition coefficient (Wildman–Crippen LogP) is 3.23. The first-order valence-corrected chi connectivity index (χ1v) is 10.4. The topological polar surface area (TPSA) is 86.2 Å². The van der Waals surface area contributed by atoms with Crippen molar-refractivity contribution in [1.82, 2.24) is 10.9 Å². The first-order chi connectivity index (χ1) is 15.2. The molecule has 7 nitrogen and oxygen atoms in total. The molecule has 31 heavy (non-hydrogen) atoms. The van der Waals surface area contributed by atoms with Crippen molar-refractivity contribution < 1.29 is 9.59 Å². The Morgan fingerprint density at radius 1 is 0.806 bits per heavy atom. The monoisotopic (exact) mass is 427 g/mol. The first-order valence-electron chi connectivity index (χ1n) is 9.62. The van der Waals surface area contributed by atoms with E-state index in [1.807, 2.05) is 78.9 Å². The third-order valence-electron chi connectivity index (χ3n) is 4.91. The summed E-state index contributed by atoms with van der Waals surface area (Å²) in [6.45, 7) is 0. The number of aliphatic imine (C=N–C) groups is 1. The Labute approximate surface area is 182 Å². The van der Waals surface area contributed by atoms with Gasteiger partial charge in [0.05, 0.1) is 11.4 Å². The number of nitrogens with zero attached hydrogens (tertiary/aromatic N) is 3. The van der Waals surface area contributed by atoms with E-state index in [0.717, 1.165) is 11.8 Å². The molecule has 0 bridgehead atoms. The van der Waals surface area contributed by atoms with E-state index in [-0.39, 0.29) is 0 Å². The average molecular weight is 427 g/mol. The van der Waals surface area contributed by atoms with Crippen LogP contribution in [0.15, 0.2) is 101 Å². The van der Waals surface area contributed by atoms with Gasteiger partial charge in [0.2, 0.25) is 4.75 Å². The number of hydrogen-bond donors (Lipinski definition) is 2. The Balaban J connectivity index is 1.63. The SMILES string of the molecule is O=C1NNC(=Nc2ccccc2)SC12C(=O)N(c1ccccc1)N=C2c1ccccc1. The summed E-state index contributed by atoms with van der Waals surface area (Å²) in [5, 5.41) is 6.31. The van der Waals surface area contributed by atoms with Crippen LogP contribution in [0.5, 0.6) is 0 Å². The van der Waals surface area contributed by atoms with Crippen LogP contribution in [0.25, 0.3) is 0 Å². The standard InChI is InChI=1S/C23H17N5O2S/c29-20-23(31-22(26-25-20)24-17-12-6-2-7-13-17)19(16-10-4-1-5-11-16)27-28(21(23)30)18-14-8-3-9-15-18/h1-15H,(H,24,26)(H,25,29). The predicted molar refractivity (Wildman–Crippen MR) is 122 cm³/mol. The number of hydrazone groups is 1. The number of rotatable bonds is 3. The van der Waals surface area contributed by atoms with Crippen molar-refractivity contribution in [3.05, 3.63) is 96.6 Å². The Kier molecular flexibility index (Phi) is 4.76. The molecule has 0 aromatic heterocycles. The van der Waals surface area contributed by atoms with Crippen molar-refractivity contribution >= 4 is 45.8 Å². The van der Waals surface area contributed by atoms with Gasteiger partial charge in [-0.2, -0.15) is 10.1 Å². The number of carbonyl (C=O) groups excluding carboxylic acids is 2. The van der Waals surface area contributed by atoms with Crippen LogP contribution in [0, 0.1) is 0 Å². The third kappa shape index (κ3) is 3.27. The summed E-state index contributed by atoms with van der Waals surface area (Å²) in [4.78, 5) is 31.5. The normalized spacial score (nSPS) is 21.7. The molecule has 3 aromatic rings. The summed E-state index contributed by atoms with van der Waals surface area (Å²) >= 11 is 1.06. The number of anilines is 1. The lowest BCUT2D eigenvalue weighted by molar-refractivity contribution is -0.129. The molecule has 1 unspecified atom stereocenters. The summed E-state index contributed by atoms with van der Waals surface area (Å²) in [5.41, 5.74) is 7.77. The first kappa shape index (κ1) is 19.1. The Hall–Kier alpha value is -3.91. The summed E-state index contributed by atoms with van der Waals surface area (Å²) in [5.74, 6) is -0.933. The second-order valence-corrected chi connectivity index (χ2v) is 8.09. The van der Waals surface area contributed by atoms with E-state index < -0.39 is 16.6 Å². The summed E-state index contributed by atoms with van der Waals surface area (Å²) < 4.78 is -1.60. The molecule has 152 valence electrons. The van der Waals surface area contributed by atoms with Gasteiger partial charge in [0, 0.05) is 5.56 Å². The van der Waals surface area contributed by atoms with Crippen LogP contribution < -0.4 is 15.9 Å². The number of carbonyl (C=O) groups is 2. The zero-order chi connectivity index (χ0) is 21.3. The van der Waals surface area contributed by atoms with Crippen molar-refractivity contribution in [2.45, 2.75) is 4.75 Å². The van der Waals surface area contributed by atoms with E-state index in [1.165, 1.54) is 5.01 Å². The molecule has 2 heterocycles. The van der Waals surface area contributed by atoms with E-state index in [0.29, 0.717) is 27.8 Å². The molecule has 2 aliphatic rings. The average Bonchev–Trinajstić information content (AvgIpc) is 3.11. The van der Waals surface area contributed by atoms with Crippen LogP contribution in [0.2, 0.25) is 0 Å². The van der Waals surface area contributed by atoms with Crippen LogP contribution in [0.4, 0.5) is 11.4 Å². The van der Waals surface area contributed by atoms with Crippen LogP contribution in [0.1, 0.15) is 5.56 Å². The zero-order valence-electron chi connectivity index (χ0n) is 16.2. The van der Waals surface area contributed by atoms with E-state index in [4.69, 9.17) is 0 Å². The summed E-state index contributed by atoms with van der Waals surface area (Å²) in [7, 11) is 0. The Bertz CT molecular complexity index is 1200. The number of amidine groups is 1. The molecule has 1 saturated heterocycles. The lowest BCUT2D eigenvalue weighted by atomic mass is 9.95. The molecule has 8 heteroatoms. The minimum atomic E-state index is -1.60. The van der Waals surface area contributed by atoms with E-state index in [2.05, 4.69) is 20.9 Å². The lowest BCUT2D eigenvalue weighted by Gasteiger charge is -2.32. The van der Waals surface area contributed by atoms with Gasteiger partial charge in [-0.25, -0.2) is 4.99 Å². The molecular formula is C23H17N5O2S. The number of hydrazine groups is 1. The van der Waals surface area contributed by atoms with E-state index in [9.17, 15) is 9.59 Å². The number of nitrogens with one attached hydrogen (secondary N) is 2. The van der Waals surface area contributed by atoms with Crippen LogP contribution in [-0.2, 0) is 9.59 Å². The van der Waals surface area contributed by atoms with Crippen molar-refractivity contribution in [3.8, 4) is 0 Å². The second-order valence-electron chi connectivity index (χ2n) is 6.88. The van der Waals surface area contributed by atoms with Gasteiger partial charge in [-0.15, -0.1) is 0 Å². The van der Waals surface area contributed by atoms with Gasteiger partial charge in [-0.1, -0.05) is 78.5 Å². The van der Waals surface area contributed by atoms with Gasteiger partial charge in [-0.05, 0) is 24.3 Å². The molecule has 2 amide bonds. The number of benzene rings is 3. The number of thioether (sulfide) groups is 1. The Morgan fingerprint density at radius 2 is 1.42 bits per heavy atom. The third-order valence-corrected chi connectivity index (χ3v) is 6.16. The molecule has 2 N–H and O–H groups in total. The highest BCUT2D eigenvalue weighted by molar-refractivity contribution is 8.17. The molecule has 5 rings (SSSR count). The fourth-order valence-corrected chi connectivity index (χ4v) is 4.57. The molecule has 1 spiro atoms. The zero-order valence-corrected chi connectivity index (χ0v) is 17.0. The van der Waals surface area contributed by atoms with E-state index >= 15 is 0 Å². The van der Waals surface area contributed by atoms with Gasteiger partial charge in [-0.3, -0.25) is 20.4 Å². The summed E-state index contributed by atoms with van der Waals surface area (Å²) in [6.07, 6.45) is 0. The molecule has 0 saturated carbocycles. The minimum absolute atomic E-state index is 0.367. The molecule has 1 atom stereocenters. The van der Waals surface area contributed by atoms with Crippen LogP contribution in [-0.4, -0.2) is 27.4 Å². The fourth-order valence-electron chi connectivity index (χ4n) is 3.45. The largest absolute Gasteiger partial charge is 0.280 e. The van der Waals surface area contributed by atoms with Crippen LogP contribution >= 0.6 is 11.8 Å². The van der Waals surface area contributed by atoms with Gasteiger partial charge in [0.25, 0.3) is 11.8 Å². The summed E-state index contributed by atoms with van der Waals surface area (Å²) in [6, 6.07) is 27.7. The molecule has 1 fully saturated rings. The second kappa shape index (κ2) is 7.73. The Morgan fingerprint density at radius 3 is 2.10 bits per heavy atom. The van der Waals surface area contributed by atoms with Crippen molar-refractivity contribution in [2.24, 2.45) is 10.1 Å². The quantitative estimate of drug-likeness (QED) is 0.629. The maximum absolute atomic E-state index is 13.7. The number of hydrogen-bond acceptors (Lipinski definition) is 5. The minimum Gasteiger partial charge on any atom is -0.276 e. The lowest BCUT2D eigenvalue weighted by Crippen LogP contribution is -2.64. The van der Waals surface area contributed by atoms with Crippen molar-refractivity contribution in [1.29, 1.82) is 0 Å². The number of amides is 2. The molecular weight excluding hydrogens is 410 g/mol. The highest BCUT2D eigenvalue weighted by atomic mass is 32.2. The van der Waals surface area contributed by atoms with Crippen molar-refractivity contribution in [2.75, 3.05) is 5.01 Å². The van der Waals surface area contributed by atoms with Gasteiger partial charge >= 0.3 is 0 Å². The van der Waals surface area contributed by atoms with E-state index in [1.54, 1.807) is 12.1 Å². The van der Waals surface area contributed by atoms with Gasteiger partial charge in [0.15, 0.2) is 5.17 Å². The fraction of sp³-hybridized carbons (Fsp3) is 0.0435. The van der Waals surface area contributed by atoms with Gasteiger partial charge < -0.3 is 0 Å². The highest BCUT2D eigenvalue weighted by Crippen LogP contribution is 2.41. The van der Waals surface area contributed by atoms with Gasteiger partial charge in [0.1, 0.15) is 5.71 Å². The van der Waals surface area contributed by atoms with Crippen LogP contribution in [0.3, 0.4) is 0 Å². The molecule has 0 aliphatic carbocycles. The smallest absolute Gasteiger partial charge is 0.276 e. The van der Waals surface area contributed by atoms with Crippen molar-refractivity contribution in [3.63, 3.8) is 0 Å². The number of para-hydroxylation sites is 2. The molecule has 0 radical (unpaired) electrons. The maximum Gasteiger partial charge on any atom is 0.280 e. The molecule has 2 aliphatic heterocycles. The molecule has 3 aromatic carbocycles. The highest BCUT2D eigenvalue weighted by Gasteiger charge is 2.61.